The van der Waals surface area contributed by atoms with Gasteiger partial charge in [-0.1, -0.05) is 42.9 Å². The van der Waals surface area contributed by atoms with Crippen LogP contribution in [0.2, 0.25) is 0 Å². The highest BCUT2D eigenvalue weighted by molar-refractivity contribution is 6.09. The van der Waals surface area contributed by atoms with Crippen molar-refractivity contribution >= 4 is 23.7 Å². The van der Waals surface area contributed by atoms with E-state index in [-0.39, 0.29) is 24.5 Å². The number of carbonyl (C=O) groups is 4. The Morgan fingerprint density at radius 2 is 1.86 bits per heavy atom. The minimum atomic E-state index is -1.22. The monoisotopic (exact) mass is 588 g/mol. The highest BCUT2D eigenvalue weighted by Crippen LogP contribution is 2.80. The Balaban J connectivity index is 1.44. The summed E-state index contributed by atoms with van der Waals surface area (Å²) in [7, 11) is 0. The van der Waals surface area contributed by atoms with Crippen LogP contribution in [0.4, 0.5) is 0 Å². The zero-order valence-electron chi connectivity index (χ0n) is 25.7. The Morgan fingerprint density at radius 3 is 2.56 bits per heavy atom. The fraction of sp³-hybridized carbons (Fsp3) is 0.600. The number of aliphatic hydroxyl groups is 1. The molecule has 7 aliphatic rings. The predicted molar refractivity (Wildman–Crippen MR) is 155 cm³/mol. The second-order valence-electron chi connectivity index (χ2n) is 14.5. The third-order valence-electron chi connectivity index (χ3n) is 12.7. The molecule has 43 heavy (non-hydrogen) atoms. The largest absolute Gasteiger partial charge is 0.460 e. The average Bonchev–Trinajstić information content (AvgIpc) is 3.62. The summed E-state index contributed by atoms with van der Waals surface area (Å²) < 4.78 is 18.8. The summed E-state index contributed by atoms with van der Waals surface area (Å²) in [5.74, 6) is -3.18. The van der Waals surface area contributed by atoms with Crippen molar-refractivity contribution in [3.63, 3.8) is 0 Å². The lowest BCUT2D eigenvalue weighted by molar-refractivity contribution is -0.159. The van der Waals surface area contributed by atoms with E-state index >= 15 is 0 Å². The first-order chi connectivity index (χ1) is 20.1. The van der Waals surface area contributed by atoms with Crippen molar-refractivity contribution in [3.05, 3.63) is 58.7 Å². The molecule has 4 fully saturated rings. The second kappa shape index (κ2) is 8.68. The topological polar surface area (TPSA) is 116 Å². The van der Waals surface area contributed by atoms with E-state index in [0.717, 1.165) is 11.1 Å². The van der Waals surface area contributed by atoms with Gasteiger partial charge in [-0.2, -0.15) is 0 Å². The Labute approximate surface area is 251 Å². The summed E-state index contributed by atoms with van der Waals surface area (Å²) >= 11 is 0. The van der Waals surface area contributed by atoms with Crippen LogP contribution in [0.5, 0.6) is 0 Å². The Hall–Kier alpha value is -3.26. The summed E-state index contributed by atoms with van der Waals surface area (Å²) in [6, 6.07) is 0. The minimum Gasteiger partial charge on any atom is -0.460 e. The maximum absolute atomic E-state index is 14.7. The van der Waals surface area contributed by atoms with Gasteiger partial charge in [-0.3, -0.25) is 9.59 Å². The lowest BCUT2D eigenvalue weighted by Crippen LogP contribution is -2.53. The number of fused-ring (bicyclic) bond motifs is 6. The van der Waals surface area contributed by atoms with E-state index in [1.165, 1.54) is 0 Å². The van der Waals surface area contributed by atoms with Crippen LogP contribution in [0, 0.1) is 39.9 Å². The smallest absolute Gasteiger partial charge is 0.334 e. The van der Waals surface area contributed by atoms with Crippen LogP contribution in [0.1, 0.15) is 67.2 Å². The van der Waals surface area contributed by atoms with Gasteiger partial charge < -0.3 is 19.3 Å². The first kappa shape index (κ1) is 28.5. The van der Waals surface area contributed by atoms with Crippen LogP contribution in [0.25, 0.3) is 0 Å². The van der Waals surface area contributed by atoms with Gasteiger partial charge in [0, 0.05) is 51.7 Å². The molecule has 8 heteroatoms. The fourth-order valence-electron chi connectivity index (χ4n) is 10.5. The van der Waals surface area contributed by atoms with Gasteiger partial charge in [-0.15, -0.1) is 0 Å². The number of ether oxygens (including phenoxy) is 3. The standard InChI is InChI=1S/C35H40O8/c1-8-16(2)29(37)41-22-14-18(4)23-21(36)13-17(3)24(23)27-25(22)35(31(39)43-27)15-34-12-11-32(35,6)28(34)26-20(9-10-33(34,7)40)19(5)30(38)42-26/h8,11-13,20,22,24-28,40H,5,9-10,14-15H2,1-4,6-7H3/b16-8+/t20-,22-,24-,25+,26-,27+,28-,32+,33+,34-,35?/m0/s1. The van der Waals surface area contributed by atoms with Crippen LogP contribution in [-0.4, -0.2) is 52.7 Å². The molecule has 1 N–H and O–H groups in total. The van der Waals surface area contributed by atoms with E-state index in [2.05, 4.69) is 6.58 Å². The molecular weight excluding hydrogens is 548 g/mol. The van der Waals surface area contributed by atoms with Crippen molar-refractivity contribution in [2.75, 3.05) is 0 Å². The molecule has 2 saturated heterocycles. The van der Waals surface area contributed by atoms with Crippen molar-refractivity contribution in [2.24, 2.45) is 39.9 Å². The zero-order valence-corrected chi connectivity index (χ0v) is 25.7. The van der Waals surface area contributed by atoms with Crippen LogP contribution in [-0.2, 0) is 33.4 Å². The van der Waals surface area contributed by atoms with Gasteiger partial charge in [0.2, 0.25) is 0 Å². The molecule has 8 nitrogen and oxygen atoms in total. The number of hydrogen-bond donors (Lipinski definition) is 1. The van der Waals surface area contributed by atoms with Gasteiger partial charge in [0.15, 0.2) is 5.78 Å². The molecule has 7 rings (SSSR count). The second-order valence-corrected chi connectivity index (χ2v) is 14.5. The molecule has 2 bridgehead atoms. The first-order valence-electron chi connectivity index (χ1n) is 15.4. The van der Waals surface area contributed by atoms with Gasteiger partial charge >= 0.3 is 17.9 Å². The Morgan fingerprint density at radius 1 is 1.14 bits per heavy atom. The number of esters is 3. The van der Waals surface area contributed by atoms with Crippen molar-refractivity contribution in [1.29, 1.82) is 0 Å². The van der Waals surface area contributed by atoms with Crippen LogP contribution >= 0.6 is 0 Å². The van der Waals surface area contributed by atoms with Gasteiger partial charge in [-0.05, 0) is 60.0 Å². The van der Waals surface area contributed by atoms with E-state index in [0.29, 0.717) is 29.6 Å². The van der Waals surface area contributed by atoms with Crippen molar-refractivity contribution in [1.82, 2.24) is 0 Å². The number of allylic oxidation sites excluding steroid dienone is 3. The third-order valence-corrected chi connectivity index (χ3v) is 12.7. The summed E-state index contributed by atoms with van der Waals surface area (Å²) in [5, 5.41) is 12.3. The van der Waals surface area contributed by atoms with Gasteiger partial charge in [0.25, 0.3) is 0 Å². The van der Waals surface area contributed by atoms with Gasteiger partial charge in [0.1, 0.15) is 18.3 Å². The van der Waals surface area contributed by atoms with E-state index < -0.39 is 75.8 Å². The van der Waals surface area contributed by atoms with Crippen molar-refractivity contribution in [2.45, 2.75) is 91.1 Å². The van der Waals surface area contributed by atoms with Crippen molar-refractivity contribution < 1.29 is 38.5 Å². The zero-order chi connectivity index (χ0) is 31.0. The molecule has 2 saturated carbocycles. The number of ketones is 1. The van der Waals surface area contributed by atoms with Crippen LogP contribution < -0.4 is 0 Å². The normalized spacial score (nSPS) is 47.9. The van der Waals surface area contributed by atoms with Gasteiger partial charge in [-0.25, -0.2) is 9.59 Å². The highest BCUT2D eigenvalue weighted by atomic mass is 16.6. The molecule has 5 aliphatic carbocycles. The third kappa shape index (κ3) is 3.20. The van der Waals surface area contributed by atoms with Gasteiger partial charge in [0.05, 0.1) is 16.9 Å². The molecule has 1 spiro atoms. The molecule has 2 aliphatic heterocycles. The first-order valence-corrected chi connectivity index (χ1v) is 15.4. The summed E-state index contributed by atoms with van der Waals surface area (Å²) in [4.78, 5) is 54.2. The molecule has 11 atom stereocenters. The molecule has 2 heterocycles. The molecule has 1 unspecified atom stereocenters. The Kier molecular flexibility index (Phi) is 5.75. The number of hydrogen-bond acceptors (Lipinski definition) is 8. The molecule has 0 radical (unpaired) electrons. The number of carbonyl (C=O) groups excluding carboxylic acids is 4. The summed E-state index contributed by atoms with van der Waals surface area (Å²) in [6.07, 6.45) is 6.82. The van der Waals surface area contributed by atoms with Crippen LogP contribution in [0.3, 0.4) is 0 Å². The quantitative estimate of drug-likeness (QED) is 0.217. The highest BCUT2D eigenvalue weighted by Gasteiger charge is 2.84. The fourth-order valence-corrected chi connectivity index (χ4v) is 10.5. The maximum atomic E-state index is 14.7. The van der Waals surface area contributed by atoms with E-state index in [1.807, 2.05) is 39.8 Å². The van der Waals surface area contributed by atoms with Crippen molar-refractivity contribution in [3.8, 4) is 0 Å². The lowest BCUT2D eigenvalue weighted by Gasteiger charge is -2.46. The van der Waals surface area contributed by atoms with E-state index in [9.17, 15) is 24.3 Å². The minimum absolute atomic E-state index is 0.0997. The number of rotatable bonds is 2. The summed E-state index contributed by atoms with van der Waals surface area (Å²) in [6.45, 7) is 15.1. The molecular formula is C35H40O8. The molecule has 0 aromatic carbocycles. The molecule has 0 aromatic heterocycles. The maximum Gasteiger partial charge on any atom is 0.334 e. The summed E-state index contributed by atoms with van der Waals surface area (Å²) in [5.41, 5.74) is -1.13. The molecule has 0 aromatic rings. The SMILES string of the molecule is C=C1C(=O)O[C@@H]2[C@@H]3[C@@]4(C=C[C@@]3(C)C3(C4)C(=O)O[C@@H]4[C@H]5C(C)=CC(=O)C5=C(C)C[C@H](OC(=O)/C(C)=C/C)[C@H]43)[C@](C)(O)CC[C@@H]12. The lowest BCUT2D eigenvalue weighted by atomic mass is 9.54. The molecule has 0 amide bonds. The molecule has 228 valence electrons. The average molecular weight is 589 g/mol. The van der Waals surface area contributed by atoms with Crippen LogP contribution in [0.15, 0.2) is 58.7 Å². The predicted octanol–water partition coefficient (Wildman–Crippen LogP) is 4.48. The van der Waals surface area contributed by atoms with E-state index in [4.69, 9.17) is 14.2 Å². The van der Waals surface area contributed by atoms with E-state index in [1.54, 1.807) is 26.0 Å². The Bertz CT molecular complexity index is 1540.